The fourth-order valence-electron chi connectivity index (χ4n) is 2.98. The van der Waals surface area contributed by atoms with Gasteiger partial charge in [0, 0.05) is 37.0 Å². The molecule has 7 nitrogen and oxygen atoms in total. The summed E-state index contributed by atoms with van der Waals surface area (Å²) in [6.07, 6.45) is 1.78. The first-order valence-corrected chi connectivity index (χ1v) is 8.41. The quantitative estimate of drug-likeness (QED) is 0.654. The Morgan fingerprint density at radius 3 is 2.65 bits per heavy atom. The number of nitro groups is 1. The summed E-state index contributed by atoms with van der Waals surface area (Å²) in [6.45, 7) is 2.16. The predicted molar refractivity (Wildman–Crippen MR) is 98.8 cm³/mol. The molecule has 1 aliphatic rings. The Hall–Kier alpha value is -2.93. The van der Waals surface area contributed by atoms with E-state index in [4.69, 9.17) is 11.6 Å². The summed E-state index contributed by atoms with van der Waals surface area (Å²) in [5, 5.41) is 13.5. The molecule has 2 aromatic rings. The Balaban J connectivity index is 1.85. The number of rotatable bonds is 3. The fourth-order valence-corrected chi connectivity index (χ4v) is 3.24. The largest absolute Gasteiger partial charge is 0.322 e. The molecule has 1 N–H and O–H groups in total. The molecule has 26 heavy (non-hydrogen) atoms. The zero-order chi connectivity index (χ0) is 18.8. The highest BCUT2D eigenvalue weighted by Crippen LogP contribution is 2.31. The van der Waals surface area contributed by atoms with Gasteiger partial charge in [0.2, 0.25) is 5.91 Å². The van der Waals surface area contributed by atoms with Crippen LogP contribution in [0.15, 0.2) is 36.4 Å². The van der Waals surface area contributed by atoms with Crippen LogP contribution in [0, 0.1) is 10.1 Å². The Bertz CT molecular complexity index is 913. The highest BCUT2D eigenvalue weighted by atomic mass is 35.5. The van der Waals surface area contributed by atoms with Crippen molar-refractivity contribution in [1.82, 2.24) is 0 Å². The second-order valence-electron chi connectivity index (χ2n) is 5.99. The number of non-ortho nitro benzene ring substituents is 1. The third-order valence-electron chi connectivity index (χ3n) is 4.25. The van der Waals surface area contributed by atoms with Gasteiger partial charge in [0.05, 0.1) is 15.5 Å². The van der Waals surface area contributed by atoms with E-state index in [0.717, 1.165) is 30.2 Å². The number of nitrogens with one attached hydrogen (secondary N) is 1. The van der Waals surface area contributed by atoms with E-state index in [2.05, 4.69) is 5.32 Å². The molecule has 0 unspecified atom stereocenters. The van der Waals surface area contributed by atoms with Gasteiger partial charge >= 0.3 is 0 Å². The number of hydrogen-bond acceptors (Lipinski definition) is 4. The molecule has 0 fully saturated rings. The number of amides is 2. The average Bonchev–Trinajstić information content (AvgIpc) is 2.60. The lowest BCUT2D eigenvalue weighted by atomic mass is 10.0. The van der Waals surface area contributed by atoms with Gasteiger partial charge in [-0.1, -0.05) is 17.7 Å². The Kier molecular flexibility index (Phi) is 4.90. The molecule has 2 amide bonds. The normalized spacial score (nSPS) is 13.1. The van der Waals surface area contributed by atoms with Crippen molar-refractivity contribution in [2.45, 2.75) is 19.8 Å². The van der Waals surface area contributed by atoms with Crippen molar-refractivity contribution >= 4 is 40.5 Å². The van der Waals surface area contributed by atoms with E-state index in [1.807, 2.05) is 6.07 Å². The second kappa shape index (κ2) is 7.13. The summed E-state index contributed by atoms with van der Waals surface area (Å²) in [7, 11) is 0. The third-order valence-corrected chi connectivity index (χ3v) is 4.56. The highest BCUT2D eigenvalue weighted by molar-refractivity contribution is 6.34. The van der Waals surface area contributed by atoms with Crippen LogP contribution in [0.5, 0.6) is 0 Å². The van der Waals surface area contributed by atoms with Crippen molar-refractivity contribution in [1.29, 1.82) is 0 Å². The zero-order valence-electron chi connectivity index (χ0n) is 14.0. The highest BCUT2D eigenvalue weighted by Gasteiger charge is 2.21. The number of carbonyl (C=O) groups excluding carboxylic acids is 2. The molecule has 0 aliphatic carbocycles. The molecule has 0 radical (unpaired) electrons. The Morgan fingerprint density at radius 2 is 2.00 bits per heavy atom. The van der Waals surface area contributed by atoms with Gasteiger partial charge in [0.1, 0.15) is 0 Å². The molecule has 0 atom stereocenters. The van der Waals surface area contributed by atoms with Gasteiger partial charge in [-0.15, -0.1) is 0 Å². The van der Waals surface area contributed by atoms with Crippen LogP contribution >= 0.6 is 11.6 Å². The van der Waals surface area contributed by atoms with Gasteiger partial charge in [0.25, 0.3) is 11.6 Å². The van der Waals surface area contributed by atoms with Crippen LogP contribution in [-0.2, 0) is 11.2 Å². The maximum Gasteiger partial charge on any atom is 0.270 e. The molecule has 8 heteroatoms. The molecule has 0 aromatic heterocycles. The van der Waals surface area contributed by atoms with Crippen LogP contribution in [0.3, 0.4) is 0 Å². The van der Waals surface area contributed by atoms with Crippen molar-refractivity contribution < 1.29 is 14.5 Å². The number of halogens is 1. The van der Waals surface area contributed by atoms with Crippen LogP contribution in [0.25, 0.3) is 0 Å². The van der Waals surface area contributed by atoms with Gasteiger partial charge in [-0.3, -0.25) is 19.7 Å². The van der Waals surface area contributed by atoms with Gasteiger partial charge in [-0.05, 0) is 36.6 Å². The van der Waals surface area contributed by atoms with E-state index >= 15 is 0 Å². The van der Waals surface area contributed by atoms with Crippen molar-refractivity contribution in [2.75, 3.05) is 16.8 Å². The number of benzene rings is 2. The average molecular weight is 374 g/mol. The van der Waals surface area contributed by atoms with Crippen LogP contribution in [0.4, 0.5) is 17.1 Å². The summed E-state index contributed by atoms with van der Waals surface area (Å²) in [5.74, 6) is -0.525. The predicted octanol–water partition coefficient (Wildman–Crippen LogP) is 3.80. The van der Waals surface area contributed by atoms with E-state index in [-0.39, 0.29) is 22.2 Å². The second-order valence-corrected chi connectivity index (χ2v) is 6.40. The molecular weight excluding hydrogens is 358 g/mol. The monoisotopic (exact) mass is 373 g/mol. The van der Waals surface area contributed by atoms with Crippen molar-refractivity contribution in [3.05, 3.63) is 62.7 Å². The summed E-state index contributed by atoms with van der Waals surface area (Å²) in [4.78, 5) is 36.1. The minimum Gasteiger partial charge on any atom is -0.322 e. The topological polar surface area (TPSA) is 92.6 Å². The summed E-state index contributed by atoms with van der Waals surface area (Å²) in [6, 6.07) is 9.09. The molecule has 134 valence electrons. The van der Waals surface area contributed by atoms with Gasteiger partial charge < -0.3 is 10.2 Å². The number of carbonyl (C=O) groups is 2. The molecule has 1 heterocycles. The van der Waals surface area contributed by atoms with Crippen LogP contribution in [0.1, 0.15) is 29.3 Å². The summed E-state index contributed by atoms with van der Waals surface area (Å²) < 4.78 is 0. The van der Waals surface area contributed by atoms with E-state index in [1.54, 1.807) is 17.0 Å². The molecule has 0 saturated heterocycles. The SMILES string of the molecule is CC(=O)N1CCCc2ccc(NC(=O)c3ccc([N+](=O)[O-])cc3Cl)cc21. The first kappa shape index (κ1) is 17.9. The molecular formula is C18H16ClN3O4. The smallest absolute Gasteiger partial charge is 0.270 e. The molecule has 0 bridgehead atoms. The standard InChI is InChI=1S/C18H16ClN3O4/c1-11(23)21-8-2-3-12-4-5-13(9-17(12)21)20-18(24)15-7-6-14(22(25)26)10-16(15)19/h4-7,9-10H,2-3,8H2,1H3,(H,20,24). The van der Waals surface area contributed by atoms with Crippen LogP contribution in [0.2, 0.25) is 5.02 Å². The van der Waals surface area contributed by atoms with Gasteiger partial charge in [0.15, 0.2) is 0 Å². The number of aryl methyl sites for hydroxylation is 1. The van der Waals surface area contributed by atoms with Gasteiger partial charge in [-0.2, -0.15) is 0 Å². The lowest BCUT2D eigenvalue weighted by Crippen LogP contribution is -2.33. The number of nitrogens with zero attached hydrogens (tertiary/aromatic N) is 2. The molecule has 3 rings (SSSR count). The number of nitro benzene ring substituents is 1. The molecule has 2 aromatic carbocycles. The van der Waals surface area contributed by atoms with E-state index in [0.29, 0.717) is 12.2 Å². The minimum absolute atomic E-state index is 0.0000208. The molecule has 0 saturated carbocycles. The first-order valence-electron chi connectivity index (χ1n) is 8.03. The fraction of sp³-hybridized carbons (Fsp3) is 0.222. The lowest BCUT2D eigenvalue weighted by Gasteiger charge is -2.29. The number of anilines is 2. The van der Waals surface area contributed by atoms with Gasteiger partial charge in [-0.25, -0.2) is 0 Å². The lowest BCUT2D eigenvalue weighted by molar-refractivity contribution is -0.384. The summed E-state index contributed by atoms with van der Waals surface area (Å²) in [5.41, 5.74) is 2.32. The first-order chi connectivity index (χ1) is 12.4. The van der Waals surface area contributed by atoms with Crippen molar-refractivity contribution in [2.24, 2.45) is 0 Å². The van der Waals surface area contributed by atoms with Crippen LogP contribution in [-0.4, -0.2) is 23.3 Å². The zero-order valence-corrected chi connectivity index (χ0v) is 14.7. The van der Waals surface area contributed by atoms with Crippen molar-refractivity contribution in [3.63, 3.8) is 0 Å². The van der Waals surface area contributed by atoms with Crippen molar-refractivity contribution in [3.8, 4) is 0 Å². The van der Waals surface area contributed by atoms with E-state index in [1.165, 1.54) is 19.1 Å². The van der Waals surface area contributed by atoms with Crippen LogP contribution < -0.4 is 10.2 Å². The third kappa shape index (κ3) is 3.52. The van der Waals surface area contributed by atoms with E-state index in [9.17, 15) is 19.7 Å². The molecule has 0 spiro atoms. The summed E-state index contributed by atoms with van der Waals surface area (Å²) >= 11 is 6.00. The maximum absolute atomic E-state index is 12.5. The maximum atomic E-state index is 12.5. The van der Waals surface area contributed by atoms with E-state index < -0.39 is 10.8 Å². The number of hydrogen-bond donors (Lipinski definition) is 1. The Morgan fingerprint density at radius 1 is 1.23 bits per heavy atom. The Labute approximate surface area is 154 Å². The number of fused-ring (bicyclic) bond motifs is 1. The minimum atomic E-state index is -0.576. The molecule has 1 aliphatic heterocycles.